The summed E-state index contributed by atoms with van der Waals surface area (Å²) in [5.41, 5.74) is 2.95. The highest BCUT2D eigenvalue weighted by atomic mass is 16.5. The van der Waals surface area contributed by atoms with E-state index in [-0.39, 0.29) is 18.4 Å². The fraction of sp³-hybridized carbons (Fsp3) is 0.360. The predicted molar refractivity (Wildman–Crippen MR) is 120 cm³/mol. The number of H-pyrrole nitrogens is 1. The predicted octanol–water partition coefficient (Wildman–Crippen LogP) is 3.91. The molecule has 2 aliphatic heterocycles. The molecule has 5 rings (SSSR count). The minimum Gasteiger partial charge on any atom is -0.476 e. The zero-order valence-corrected chi connectivity index (χ0v) is 17.5. The minimum atomic E-state index is -0.648. The molecule has 6 heteroatoms. The van der Waals surface area contributed by atoms with Crippen LogP contribution in [-0.2, 0) is 16.0 Å². The number of nitrogens with zero attached hydrogens (tertiary/aromatic N) is 2. The van der Waals surface area contributed by atoms with Crippen LogP contribution < -0.4 is 9.64 Å². The second-order valence-corrected chi connectivity index (χ2v) is 8.32. The number of benzene rings is 2. The molecule has 0 saturated carbocycles. The summed E-state index contributed by atoms with van der Waals surface area (Å²) in [5.74, 6) is 0.602. The Morgan fingerprint density at radius 1 is 1.00 bits per heavy atom. The smallest absolute Gasteiger partial charge is 0.265 e. The molecule has 3 aromatic rings. The number of hydrogen-bond donors (Lipinski definition) is 1. The van der Waals surface area contributed by atoms with Crippen molar-refractivity contribution in [2.75, 3.05) is 24.5 Å². The molecule has 1 fully saturated rings. The van der Waals surface area contributed by atoms with Crippen molar-refractivity contribution < 1.29 is 14.3 Å². The number of anilines is 1. The molecule has 160 valence electrons. The molecule has 3 heterocycles. The lowest BCUT2D eigenvalue weighted by atomic mass is 10.1. The second-order valence-electron chi connectivity index (χ2n) is 8.32. The third kappa shape index (κ3) is 3.90. The first-order valence-electron chi connectivity index (χ1n) is 11.1. The molecule has 1 saturated heterocycles. The van der Waals surface area contributed by atoms with Gasteiger partial charge in [-0.15, -0.1) is 0 Å². The fourth-order valence-corrected chi connectivity index (χ4v) is 4.63. The van der Waals surface area contributed by atoms with Crippen LogP contribution in [0, 0.1) is 0 Å². The molecule has 0 aliphatic carbocycles. The first-order chi connectivity index (χ1) is 15.2. The van der Waals surface area contributed by atoms with Crippen LogP contribution in [0.5, 0.6) is 5.75 Å². The first-order valence-corrected chi connectivity index (χ1v) is 11.1. The van der Waals surface area contributed by atoms with Gasteiger partial charge in [-0.1, -0.05) is 30.3 Å². The average Bonchev–Trinajstić information content (AvgIpc) is 3.25. The second kappa shape index (κ2) is 8.46. The van der Waals surface area contributed by atoms with Gasteiger partial charge in [0, 0.05) is 36.6 Å². The van der Waals surface area contributed by atoms with Crippen LogP contribution in [0.25, 0.3) is 10.9 Å². The summed E-state index contributed by atoms with van der Waals surface area (Å²) in [7, 11) is 0. The molecule has 0 spiro atoms. The molecule has 1 N–H and O–H groups in total. The number of hydrogen-bond acceptors (Lipinski definition) is 3. The topological polar surface area (TPSA) is 65.6 Å². The van der Waals surface area contributed by atoms with Crippen molar-refractivity contribution in [1.82, 2.24) is 9.88 Å². The molecule has 1 aromatic heterocycles. The number of likely N-dealkylation sites (tertiary alicyclic amines) is 1. The number of para-hydroxylation sites is 3. The number of aromatic nitrogens is 1. The van der Waals surface area contributed by atoms with Gasteiger partial charge >= 0.3 is 0 Å². The SMILES string of the molecule is O=C(C1CN(C(=O)CCc2c[nH]c3ccccc23)c2ccccc2O1)N1CCCCC1. The van der Waals surface area contributed by atoms with Crippen molar-refractivity contribution in [1.29, 1.82) is 0 Å². The zero-order chi connectivity index (χ0) is 21.2. The van der Waals surface area contributed by atoms with Crippen LogP contribution in [0.3, 0.4) is 0 Å². The van der Waals surface area contributed by atoms with Crippen LogP contribution in [0.1, 0.15) is 31.2 Å². The van der Waals surface area contributed by atoms with E-state index in [1.165, 1.54) is 0 Å². The van der Waals surface area contributed by atoms with Gasteiger partial charge in [-0.05, 0) is 49.4 Å². The Morgan fingerprint density at radius 2 is 1.77 bits per heavy atom. The zero-order valence-electron chi connectivity index (χ0n) is 17.5. The molecule has 6 nitrogen and oxygen atoms in total. The van der Waals surface area contributed by atoms with Gasteiger partial charge < -0.3 is 19.5 Å². The van der Waals surface area contributed by atoms with Crippen LogP contribution in [0.4, 0.5) is 5.69 Å². The van der Waals surface area contributed by atoms with E-state index in [0.717, 1.165) is 54.5 Å². The van der Waals surface area contributed by atoms with E-state index in [2.05, 4.69) is 11.1 Å². The normalized spacial score (nSPS) is 18.5. The van der Waals surface area contributed by atoms with Crippen molar-refractivity contribution in [3.05, 3.63) is 60.3 Å². The Hall–Kier alpha value is -3.28. The molecule has 31 heavy (non-hydrogen) atoms. The fourth-order valence-electron chi connectivity index (χ4n) is 4.63. The first kappa shape index (κ1) is 19.7. The standard InChI is InChI=1S/C25H27N3O3/c29-24(13-12-18-16-26-20-9-3-2-8-19(18)20)28-17-23(25(30)27-14-6-1-7-15-27)31-22-11-5-4-10-21(22)28/h2-5,8-11,16,23,26H,1,6-7,12-15,17H2. The summed E-state index contributed by atoms with van der Waals surface area (Å²) in [4.78, 5) is 33.2. The van der Waals surface area contributed by atoms with Gasteiger partial charge in [-0.3, -0.25) is 9.59 Å². The molecule has 1 atom stereocenters. The Labute approximate surface area is 181 Å². The number of fused-ring (bicyclic) bond motifs is 2. The summed E-state index contributed by atoms with van der Waals surface area (Å²) in [6, 6.07) is 15.6. The minimum absolute atomic E-state index is 0.0105. The Morgan fingerprint density at radius 3 is 2.65 bits per heavy atom. The van der Waals surface area contributed by atoms with Crippen molar-refractivity contribution in [3.63, 3.8) is 0 Å². The summed E-state index contributed by atoms with van der Waals surface area (Å²) in [5, 5.41) is 1.15. The maximum Gasteiger partial charge on any atom is 0.265 e. The van der Waals surface area contributed by atoms with Gasteiger partial charge in [0.25, 0.3) is 5.91 Å². The van der Waals surface area contributed by atoms with Gasteiger partial charge in [0.05, 0.1) is 12.2 Å². The number of aromatic amines is 1. The Kier molecular flexibility index (Phi) is 5.37. The maximum atomic E-state index is 13.3. The number of ether oxygens (including phenoxy) is 1. The lowest BCUT2D eigenvalue weighted by molar-refractivity contribution is -0.139. The quantitative estimate of drug-likeness (QED) is 0.700. The Balaban J connectivity index is 1.33. The highest BCUT2D eigenvalue weighted by Gasteiger charge is 2.36. The maximum absolute atomic E-state index is 13.3. The highest BCUT2D eigenvalue weighted by Crippen LogP contribution is 2.34. The van der Waals surface area contributed by atoms with E-state index in [9.17, 15) is 9.59 Å². The molecule has 0 bridgehead atoms. The van der Waals surface area contributed by atoms with E-state index >= 15 is 0 Å². The lowest BCUT2D eigenvalue weighted by Crippen LogP contribution is -2.52. The molecule has 2 aromatic carbocycles. The highest BCUT2D eigenvalue weighted by molar-refractivity contribution is 5.97. The van der Waals surface area contributed by atoms with E-state index in [0.29, 0.717) is 18.6 Å². The molecule has 1 unspecified atom stereocenters. The number of rotatable bonds is 4. The molecule has 2 amide bonds. The molecular weight excluding hydrogens is 390 g/mol. The van der Waals surface area contributed by atoms with Crippen LogP contribution >= 0.6 is 0 Å². The number of piperidine rings is 1. The third-order valence-corrected chi connectivity index (χ3v) is 6.30. The van der Waals surface area contributed by atoms with Crippen LogP contribution in [0.15, 0.2) is 54.7 Å². The number of amides is 2. The molecule has 2 aliphatic rings. The summed E-state index contributed by atoms with van der Waals surface area (Å²) < 4.78 is 6.05. The number of carbonyl (C=O) groups excluding carboxylic acids is 2. The van der Waals surface area contributed by atoms with Gasteiger partial charge in [0.1, 0.15) is 5.75 Å². The monoisotopic (exact) mass is 417 g/mol. The number of nitrogens with one attached hydrogen (secondary N) is 1. The third-order valence-electron chi connectivity index (χ3n) is 6.30. The Bertz CT molecular complexity index is 1100. The number of carbonyl (C=O) groups is 2. The van der Waals surface area contributed by atoms with E-state index in [1.54, 1.807) is 4.90 Å². The van der Waals surface area contributed by atoms with Gasteiger partial charge in [-0.25, -0.2) is 0 Å². The lowest BCUT2D eigenvalue weighted by Gasteiger charge is -2.37. The molecular formula is C25H27N3O3. The summed E-state index contributed by atoms with van der Waals surface area (Å²) in [6.45, 7) is 1.81. The van der Waals surface area contributed by atoms with E-state index in [1.807, 2.05) is 53.6 Å². The van der Waals surface area contributed by atoms with Crippen molar-refractivity contribution >= 4 is 28.4 Å². The van der Waals surface area contributed by atoms with Crippen molar-refractivity contribution in [3.8, 4) is 5.75 Å². The van der Waals surface area contributed by atoms with Gasteiger partial charge in [-0.2, -0.15) is 0 Å². The average molecular weight is 418 g/mol. The van der Waals surface area contributed by atoms with Gasteiger partial charge in [0.15, 0.2) is 6.10 Å². The van der Waals surface area contributed by atoms with Crippen LogP contribution in [0.2, 0.25) is 0 Å². The van der Waals surface area contributed by atoms with E-state index < -0.39 is 6.10 Å². The molecule has 0 radical (unpaired) electrons. The van der Waals surface area contributed by atoms with Crippen molar-refractivity contribution in [2.45, 2.75) is 38.2 Å². The van der Waals surface area contributed by atoms with Crippen molar-refractivity contribution in [2.24, 2.45) is 0 Å². The van der Waals surface area contributed by atoms with Crippen LogP contribution in [-0.4, -0.2) is 47.4 Å². The summed E-state index contributed by atoms with van der Waals surface area (Å²) >= 11 is 0. The van der Waals surface area contributed by atoms with E-state index in [4.69, 9.17) is 4.74 Å². The number of aryl methyl sites for hydroxylation is 1. The largest absolute Gasteiger partial charge is 0.476 e. The summed E-state index contributed by atoms with van der Waals surface area (Å²) in [6.07, 6.45) is 5.58. The van der Waals surface area contributed by atoms with Gasteiger partial charge in [0.2, 0.25) is 5.91 Å².